The molecule has 1 aromatic heterocycles. The van der Waals surface area contributed by atoms with Crippen LogP contribution in [0.5, 0.6) is 11.6 Å². The van der Waals surface area contributed by atoms with Crippen LogP contribution in [-0.2, 0) is 29.1 Å². The molecule has 2 aromatic rings. The van der Waals surface area contributed by atoms with Crippen LogP contribution in [0.25, 0.3) is 10.8 Å². The lowest BCUT2D eigenvalue weighted by Crippen LogP contribution is -2.62. The number of hydrogen-bond acceptors (Lipinski definition) is 11. The normalized spacial score (nSPS) is 19.2. The van der Waals surface area contributed by atoms with E-state index in [1.165, 1.54) is 17.9 Å². The van der Waals surface area contributed by atoms with Crippen LogP contribution in [0.4, 0.5) is 4.79 Å². The largest absolute Gasteiger partial charge is 0.493 e. The Morgan fingerprint density at radius 2 is 1.75 bits per heavy atom. The Hall–Kier alpha value is -4.05. The Balaban J connectivity index is 1.71. The van der Waals surface area contributed by atoms with Gasteiger partial charge >= 0.3 is 6.09 Å². The lowest BCUT2D eigenvalue weighted by molar-refractivity contribution is -0.143. The van der Waals surface area contributed by atoms with Crippen molar-refractivity contribution in [3.05, 3.63) is 37.1 Å². The van der Waals surface area contributed by atoms with Crippen LogP contribution >= 0.6 is 11.8 Å². The third-order valence-electron chi connectivity index (χ3n) is 9.13. The molecule has 1 aromatic carbocycles. The maximum absolute atomic E-state index is 14.6. The van der Waals surface area contributed by atoms with Gasteiger partial charge < -0.3 is 29.7 Å². The highest BCUT2D eigenvalue weighted by Gasteiger charge is 2.49. The number of nitrogens with zero attached hydrogens (tertiary/aromatic N) is 2. The van der Waals surface area contributed by atoms with E-state index in [0.29, 0.717) is 25.3 Å². The number of carbonyl (C=O) groups excluding carboxylic acids is 4. The molecule has 16 heteroatoms. The van der Waals surface area contributed by atoms with Crippen LogP contribution in [0.1, 0.15) is 94.4 Å². The van der Waals surface area contributed by atoms with Gasteiger partial charge in [-0.2, -0.15) is 0 Å². The van der Waals surface area contributed by atoms with Crippen molar-refractivity contribution >= 4 is 56.4 Å². The summed E-state index contributed by atoms with van der Waals surface area (Å²) in [4.78, 5) is 62.2. The number of fused-ring (bicyclic) bond motifs is 1. The average Bonchev–Trinajstić information content (AvgIpc) is 3.86. The molecule has 2 heterocycles. The minimum Gasteiger partial charge on any atom is -0.493 e. The Labute approximate surface area is 329 Å². The number of ether oxygens (including phenoxy) is 3. The van der Waals surface area contributed by atoms with Crippen LogP contribution in [-0.4, -0.2) is 95.6 Å². The van der Waals surface area contributed by atoms with Crippen molar-refractivity contribution < 1.29 is 41.8 Å². The van der Waals surface area contributed by atoms with Crippen molar-refractivity contribution in [2.24, 2.45) is 5.41 Å². The summed E-state index contributed by atoms with van der Waals surface area (Å²) in [7, 11) is -3.93. The molecule has 0 radical (unpaired) electrons. The predicted molar refractivity (Wildman–Crippen MR) is 213 cm³/mol. The van der Waals surface area contributed by atoms with E-state index < -0.39 is 73.8 Å². The molecule has 1 saturated heterocycles. The molecular formula is C39H57N5O9S2. The number of aromatic nitrogens is 1. The van der Waals surface area contributed by atoms with Crippen molar-refractivity contribution in [3.8, 4) is 11.6 Å². The van der Waals surface area contributed by atoms with Crippen molar-refractivity contribution in [2.45, 2.75) is 134 Å². The third-order valence-corrected chi connectivity index (χ3v) is 12.3. The Kier molecular flexibility index (Phi) is 13.8. The van der Waals surface area contributed by atoms with E-state index >= 15 is 0 Å². The van der Waals surface area contributed by atoms with E-state index in [0.717, 1.165) is 33.6 Å². The van der Waals surface area contributed by atoms with Crippen LogP contribution in [0.15, 0.2) is 41.9 Å². The van der Waals surface area contributed by atoms with Gasteiger partial charge in [0.2, 0.25) is 27.7 Å². The third kappa shape index (κ3) is 11.0. The molecule has 0 spiro atoms. The quantitative estimate of drug-likeness (QED) is 0.144. The summed E-state index contributed by atoms with van der Waals surface area (Å²) in [5.41, 5.74) is -3.39. The molecule has 2 fully saturated rings. The maximum atomic E-state index is 14.6. The SMILES string of the molecule is C=CCC(C)(NC(=O)C1CC(Oc2nccc3c(SCCC)c(OCC)ccc23)CN1C(=O)C(NC(=O)OC(C)(C)C)C(C)(C)C)C(=O)NS(=O)(=O)C1CC1. The minimum absolute atomic E-state index is 0.000423. The van der Waals surface area contributed by atoms with E-state index in [1.807, 2.05) is 25.1 Å². The van der Waals surface area contributed by atoms with Gasteiger partial charge in [-0.1, -0.05) is 33.8 Å². The average molecular weight is 804 g/mol. The fraction of sp³-hybridized carbons (Fsp3) is 0.615. The van der Waals surface area contributed by atoms with Crippen LogP contribution in [0.3, 0.4) is 0 Å². The van der Waals surface area contributed by atoms with E-state index in [-0.39, 0.29) is 19.4 Å². The van der Waals surface area contributed by atoms with E-state index in [4.69, 9.17) is 14.2 Å². The smallest absolute Gasteiger partial charge is 0.408 e. The summed E-state index contributed by atoms with van der Waals surface area (Å²) in [5.74, 6) is -0.270. The second kappa shape index (κ2) is 17.4. The molecule has 55 heavy (non-hydrogen) atoms. The van der Waals surface area contributed by atoms with Gasteiger partial charge in [-0.05, 0) is 89.7 Å². The first-order valence-corrected chi connectivity index (χ1v) is 21.3. The maximum Gasteiger partial charge on any atom is 0.408 e. The number of carbonyl (C=O) groups is 4. The van der Waals surface area contributed by atoms with Crippen LogP contribution in [0.2, 0.25) is 0 Å². The number of alkyl carbamates (subject to hydrolysis) is 1. The van der Waals surface area contributed by atoms with Gasteiger partial charge in [-0.25, -0.2) is 18.2 Å². The predicted octanol–water partition coefficient (Wildman–Crippen LogP) is 5.48. The number of thioether (sulfide) groups is 1. The number of nitrogens with one attached hydrogen (secondary N) is 3. The van der Waals surface area contributed by atoms with E-state index in [1.54, 1.807) is 59.5 Å². The summed E-state index contributed by atoms with van der Waals surface area (Å²) in [6.45, 7) is 20.0. The van der Waals surface area contributed by atoms with E-state index in [9.17, 15) is 27.6 Å². The number of hydrogen-bond donors (Lipinski definition) is 3. The monoisotopic (exact) mass is 803 g/mol. The summed E-state index contributed by atoms with van der Waals surface area (Å²) in [6, 6.07) is 3.33. The highest BCUT2D eigenvalue weighted by molar-refractivity contribution is 7.99. The summed E-state index contributed by atoms with van der Waals surface area (Å²) < 4.78 is 45.5. The second-order valence-corrected chi connectivity index (χ2v) is 19.4. The van der Waals surface area contributed by atoms with Crippen molar-refractivity contribution in [3.63, 3.8) is 0 Å². The molecule has 3 N–H and O–H groups in total. The van der Waals surface area contributed by atoms with Gasteiger partial charge in [0, 0.05) is 23.4 Å². The van der Waals surface area contributed by atoms with Gasteiger partial charge in [0.05, 0.1) is 23.3 Å². The number of amides is 4. The zero-order chi connectivity index (χ0) is 40.9. The molecular weight excluding hydrogens is 747 g/mol. The van der Waals surface area contributed by atoms with Crippen LogP contribution < -0.4 is 24.8 Å². The molecule has 1 aliphatic carbocycles. The number of pyridine rings is 1. The van der Waals surface area contributed by atoms with Gasteiger partial charge in [0.25, 0.3) is 5.91 Å². The Morgan fingerprint density at radius 3 is 2.33 bits per heavy atom. The molecule has 4 rings (SSSR count). The molecule has 4 amide bonds. The first-order valence-electron chi connectivity index (χ1n) is 18.8. The standard InChI is InChI=1S/C39H57N5O9S2/c1-11-19-39(10,35(47)43-55(49,50)25-14-15-25)42-32(45)28-22-24(23-44(28)34(46)31(37(4,5)6)41-36(48)53-38(7,8)9)52-33-27-16-17-29(51-13-3)30(54-21-12-2)26(27)18-20-40-33/h11,16-18,20,24-25,28,31H,1,12-15,19,21-23H2,2-10H3,(H,41,48)(H,42,45)(H,43,47). The van der Waals surface area contributed by atoms with Crippen molar-refractivity contribution in [1.29, 1.82) is 0 Å². The van der Waals surface area contributed by atoms with Gasteiger partial charge in [-0.3, -0.25) is 19.1 Å². The zero-order valence-electron chi connectivity index (χ0n) is 33.4. The van der Waals surface area contributed by atoms with Gasteiger partial charge in [0.1, 0.15) is 35.1 Å². The molecule has 1 saturated carbocycles. The lowest BCUT2D eigenvalue weighted by atomic mass is 9.85. The van der Waals surface area contributed by atoms with Crippen molar-refractivity contribution in [1.82, 2.24) is 25.2 Å². The Bertz CT molecular complexity index is 1870. The number of benzene rings is 1. The summed E-state index contributed by atoms with van der Waals surface area (Å²) in [6.07, 6.45) is 3.24. The fourth-order valence-corrected chi connectivity index (χ4v) is 8.64. The van der Waals surface area contributed by atoms with E-state index in [2.05, 4.69) is 33.8 Å². The lowest BCUT2D eigenvalue weighted by Gasteiger charge is -2.36. The summed E-state index contributed by atoms with van der Waals surface area (Å²) >= 11 is 1.67. The molecule has 304 valence electrons. The molecule has 4 unspecified atom stereocenters. The van der Waals surface area contributed by atoms with Gasteiger partial charge in [0.15, 0.2) is 0 Å². The molecule has 0 bridgehead atoms. The van der Waals surface area contributed by atoms with Crippen LogP contribution in [0, 0.1) is 5.41 Å². The zero-order valence-corrected chi connectivity index (χ0v) is 35.1. The fourth-order valence-electron chi connectivity index (χ4n) is 6.22. The highest BCUT2D eigenvalue weighted by atomic mass is 32.2. The number of sulfonamides is 1. The Morgan fingerprint density at radius 1 is 1.05 bits per heavy atom. The number of likely N-dealkylation sites (tertiary alicyclic amines) is 1. The molecule has 4 atom stereocenters. The topological polar surface area (TPSA) is 182 Å². The molecule has 14 nitrogen and oxygen atoms in total. The second-order valence-electron chi connectivity index (χ2n) is 16.3. The minimum atomic E-state index is -3.93. The van der Waals surface area contributed by atoms with Gasteiger partial charge in [-0.15, -0.1) is 18.3 Å². The number of rotatable bonds is 16. The van der Waals surface area contributed by atoms with Crippen molar-refractivity contribution in [2.75, 3.05) is 18.9 Å². The first kappa shape index (κ1) is 43.7. The molecule has 2 aliphatic rings. The molecule has 1 aliphatic heterocycles. The first-order chi connectivity index (χ1) is 25.6. The summed E-state index contributed by atoms with van der Waals surface area (Å²) in [5, 5.41) is 6.39. The highest BCUT2D eigenvalue weighted by Crippen LogP contribution is 2.40.